The molecule has 2 rings (SSSR count). The molecule has 1 aromatic carbocycles. The predicted octanol–water partition coefficient (Wildman–Crippen LogP) is 2.84. The zero-order valence-corrected chi connectivity index (χ0v) is 13.7. The molecule has 0 aliphatic carbocycles. The van der Waals surface area contributed by atoms with E-state index in [9.17, 15) is 4.79 Å². The van der Waals surface area contributed by atoms with Crippen molar-refractivity contribution in [3.05, 3.63) is 35.9 Å². The normalized spacial score (nSPS) is 24.1. The van der Waals surface area contributed by atoms with Gasteiger partial charge in [-0.25, -0.2) is 0 Å². The van der Waals surface area contributed by atoms with Gasteiger partial charge in [0.05, 0.1) is 6.04 Å². The number of rotatable bonds is 3. The van der Waals surface area contributed by atoms with Gasteiger partial charge in [0, 0.05) is 12.6 Å². The van der Waals surface area contributed by atoms with E-state index in [-0.39, 0.29) is 17.4 Å². The van der Waals surface area contributed by atoms with E-state index < -0.39 is 6.04 Å². The van der Waals surface area contributed by atoms with Gasteiger partial charge in [-0.1, -0.05) is 51.1 Å². The fraction of sp³-hybridized carbons (Fsp3) is 0.611. The summed E-state index contributed by atoms with van der Waals surface area (Å²) in [6, 6.07) is 10.4. The molecule has 3 heteroatoms. The molecule has 0 saturated carbocycles. The van der Waals surface area contributed by atoms with Crippen LogP contribution in [0.25, 0.3) is 0 Å². The molecule has 2 N–H and O–H groups in total. The van der Waals surface area contributed by atoms with Gasteiger partial charge < -0.3 is 10.6 Å². The zero-order valence-electron chi connectivity index (χ0n) is 13.7. The van der Waals surface area contributed by atoms with Crippen LogP contribution in [0.1, 0.15) is 39.7 Å². The maximum Gasteiger partial charge on any atom is 0.240 e. The Morgan fingerprint density at radius 3 is 2.52 bits per heavy atom. The molecule has 2 unspecified atom stereocenters. The van der Waals surface area contributed by atoms with Crippen LogP contribution in [0.2, 0.25) is 0 Å². The van der Waals surface area contributed by atoms with Crippen LogP contribution in [0.4, 0.5) is 0 Å². The molecule has 0 spiro atoms. The molecule has 1 aliphatic rings. The molecule has 0 aromatic heterocycles. The molecule has 1 aliphatic heterocycles. The molecule has 0 radical (unpaired) electrons. The molecule has 1 saturated heterocycles. The summed E-state index contributed by atoms with van der Waals surface area (Å²) >= 11 is 0. The second-order valence-electron chi connectivity index (χ2n) is 7.35. The van der Waals surface area contributed by atoms with Crippen molar-refractivity contribution in [1.82, 2.24) is 4.90 Å². The Kier molecular flexibility index (Phi) is 4.72. The van der Waals surface area contributed by atoms with Gasteiger partial charge in [0.2, 0.25) is 5.91 Å². The third-order valence-corrected chi connectivity index (χ3v) is 4.74. The van der Waals surface area contributed by atoms with E-state index in [0.29, 0.717) is 5.92 Å². The van der Waals surface area contributed by atoms with Crippen molar-refractivity contribution >= 4 is 5.91 Å². The first kappa shape index (κ1) is 16.0. The summed E-state index contributed by atoms with van der Waals surface area (Å²) in [5.41, 5.74) is 7.31. The van der Waals surface area contributed by atoms with Crippen molar-refractivity contribution in [3.8, 4) is 0 Å². The third-order valence-electron chi connectivity index (χ3n) is 4.74. The lowest BCUT2D eigenvalue weighted by Crippen LogP contribution is -2.51. The molecule has 21 heavy (non-hydrogen) atoms. The van der Waals surface area contributed by atoms with Gasteiger partial charge in [-0.05, 0) is 36.7 Å². The Bertz CT molecular complexity index is 478. The summed E-state index contributed by atoms with van der Waals surface area (Å²) in [4.78, 5) is 14.6. The van der Waals surface area contributed by atoms with E-state index in [1.807, 2.05) is 31.7 Å². The summed E-state index contributed by atoms with van der Waals surface area (Å²) in [6.45, 7) is 9.07. The number of hydrogen-bond donors (Lipinski definition) is 1. The molecular weight excluding hydrogens is 260 g/mol. The topological polar surface area (TPSA) is 46.3 Å². The van der Waals surface area contributed by atoms with Crippen LogP contribution >= 0.6 is 0 Å². The number of likely N-dealkylation sites (tertiary alicyclic amines) is 1. The highest BCUT2D eigenvalue weighted by Gasteiger charge is 2.38. The summed E-state index contributed by atoms with van der Waals surface area (Å²) < 4.78 is 0. The number of carbonyl (C=O) groups excluding carboxylic acids is 1. The number of carbonyl (C=O) groups is 1. The number of benzene rings is 1. The monoisotopic (exact) mass is 288 g/mol. The first-order valence-corrected chi connectivity index (χ1v) is 7.90. The summed E-state index contributed by atoms with van der Waals surface area (Å²) in [5.74, 6) is 0.633. The van der Waals surface area contributed by atoms with Crippen molar-refractivity contribution in [2.45, 2.75) is 52.6 Å². The van der Waals surface area contributed by atoms with Crippen molar-refractivity contribution < 1.29 is 4.79 Å². The molecule has 116 valence electrons. The van der Waals surface area contributed by atoms with Gasteiger partial charge in [0.15, 0.2) is 0 Å². The van der Waals surface area contributed by atoms with Crippen LogP contribution in [-0.4, -0.2) is 29.4 Å². The SMILES string of the molecule is CC1C(Cc2ccccc2)CCN1C(=O)[C@@H](N)C(C)(C)C. The highest BCUT2D eigenvalue weighted by molar-refractivity contribution is 5.83. The van der Waals surface area contributed by atoms with Crippen LogP contribution in [-0.2, 0) is 11.2 Å². The average Bonchev–Trinajstić information content (AvgIpc) is 2.79. The van der Waals surface area contributed by atoms with Gasteiger partial charge in [0.25, 0.3) is 0 Å². The second kappa shape index (κ2) is 6.18. The van der Waals surface area contributed by atoms with Gasteiger partial charge >= 0.3 is 0 Å². The molecule has 3 atom stereocenters. The fourth-order valence-corrected chi connectivity index (χ4v) is 3.05. The highest BCUT2D eigenvalue weighted by Crippen LogP contribution is 2.30. The molecule has 1 fully saturated rings. The first-order chi connectivity index (χ1) is 9.80. The summed E-state index contributed by atoms with van der Waals surface area (Å²) in [6.07, 6.45) is 2.11. The van der Waals surface area contributed by atoms with Gasteiger partial charge in [0.1, 0.15) is 0 Å². The Morgan fingerprint density at radius 2 is 1.95 bits per heavy atom. The fourth-order valence-electron chi connectivity index (χ4n) is 3.05. The van der Waals surface area contributed by atoms with E-state index in [1.165, 1.54) is 5.56 Å². The molecule has 0 bridgehead atoms. The zero-order chi connectivity index (χ0) is 15.6. The standard InChI is InChI=1S/C18H28N2O/c1-13-15(12-14-8-6-5-7-9-14)10-11-20(13)17(21)16(19)18(2,3)4/h5-9,13,15-16H,10-12,19H2,1-4H3/t13?,15?,16-/m1/s1. The smallest absolute Gasteiger partial charge is 0.240 e. The number of nitrogens with two attached hydrogens (primary N) is 1. The van der Waals surface area contributed by atoms with E-state index >= 15 is 0 Å². The second-order valence-corrected chi connectivity index (χ2v) is 7.35. The van der Waals surface area contributed by atoms with Crippen molar-refractivity contribution in [2.75, 3.05) is 6.54 Å². The minimum atomic E-state index is -0.421. The van der Waals surface area contributed by atoms with Crippen molar-refractivity contribution in [1.29, 1.82) is 0 Å². The largest absolute Gasteiger partial charge is 0.338 e. The lowest BCUT2D eigenvalue weighted by atomic mass is 9.86. The molecule has 1 amide bonds. The lowest BCUT2D eigenvalue weighted by molar-refractivity contribution is -0.135. The van der Waals surface area contributed by atoms with E-state index in [4.69, 9.17) is 5.73 Å². The van der Waals surface area contributed by atoms with Gasteiger partial charge in [-0.15, -0.1) is 0 Å². The Balaban J connectivity index is 2.01. The van der Waals surface area contributed by atoms with E-state index in [1.54, 1.807) is 0 Å². The Morgan fingerprint density at radius 1 is 1.33 bits per heavy atom. The minimum absolute atomic E-state index is 0.102. The summed E-state index contributed by atoms with van der Waals surface area (Å²) in [5, 5.41) is 0. The Hall–Kier alpha value is -1.35. The number of nitrogens with zero attached hydrogens (tertiary/aromatic N) is 1. The first-order valence-electron chi connectivity index (χ1n) is 7.90. The van der Waals surface area contributed by atoms with Crippen molar-refractivity contribution in [3.63, 3.8) is 0 Å². The molecule has 3 nitrogen and oxygen atoms in total. The van der Waals surface area contributed by atoms with E-state index in [2.05, 4.69) is 31.2 Å². The van der Waals surface area contributed by atoms with Crippen molar-refractivity contribution in [2.24, 2.45) is 17.1 Å². The van der Waals surface area contributed by atoms with Crippen LogP contribution in [0, 0.1) is 11.3 Å². The maximum atomic E-state index is 12.6. The van der Waals surface area contributed by atoms with Crippen LogP contribution in [0.15, 0.2) is 30.3 Å². The molecular formula is C18H28N2O. The minimum Gasteiger partial charge on any atom is -0.338 e. The maximum absolute atomic E-state index is 12.6. The third kappa shape index (κ3) is 3.65. The van der Waals surface area contributed by atoms with Gasteiger partial charge in [-0.2, -0.15) is 0 Å². The molecule has 1 aromatic rings. The van der Waals surface area contributed by atoms with Crippen LogP contribution in [0.3, 0.4) is 0 Å². The van der Waals surface area contributed by atoms with E-state index in [0.717, 1.165) is 19.4 Å². The van der Waals surface area contributed by atoms with Crippen LogP contribution < -0.4 is 5.73 Å². The number of amides is 1. The quantitative estimate of drug-likeness (QED) is 0.929. The lowest BCUT2D eigenvalue weighted by Gasteiger charge is -2.33. The highest BCUT2D eigenvalue weighted by atomic mass is 16.2. The Labute approximate surface area is 128 Å². The summed E-state index contributed by atoms with van der Waals surface area (Å²) in [7, 11) is 0. The van der Waals surface area contributed by atoms with Crippen LogP contribution in [0.5, 0.6) is 0 Å². The number of hydrogen-bond acceptors (Lipinski definition) is 2. The molecule has 1 heterocycles. The average molecular weight is 288 g/mol. The predicted molar refractivity (Wildman–Crippen MR) is 86.9 cm³/mol. The van der Waals surface area contributed by atoms with Gasteiger partial charge in [-0.3, -0.25) is 4.79 Å².